The van der Waals surface area contributed by atoms with Crippen LogP contribution in [0.15, 0.2) is 41.4 Å². The van der Waals surface area contributed by atoms with Gasteiger partial charge in [0.1, 0.15) is 0 Å². The van der Waals surface area contributed by atoms with E-state index in [0.717, 1.165) is 23.8 Å². The maximum absolute atomic E-state index is 6.43. The fourth-order valence-electron chi connectivity index (χ4n) is 3.15. The number of likely N-dealkylation sites (N-methyl/N-ethyl adjacent to an activating group) is 1. The van der Waals surface area contributed by atoms with Crippen LogP contribution in [0.3, 0.4) is 0 Å². The first-order valence-electron chi connectivity index (χ1n) is 7.34. The van der Waals surface area contributed by atoms with E-state index in [-0.39, 0.29) is 5.92 Å². The van der Waals surface area contributed by atoms with Crippen LogP contribution in [0.4, 0.5) is 5.69 Å². The van der Waals surface area contributed by atoms with Crippen molar-refractivity contribution in [2.24, 2.45) is 4.99 Å². The minimum absolute atomic E-state index is 0.227. The number of fused-ring (bicyclic) bond motifs is 1. The minimum Gasteiger partial charge on any atom is -0.301 e. The molecule has 1 atom stereocenters. The smallest absolute Gasteiger partial charge is 0.0664 e. The largest absolute Gasteiger partial charge is 0.301 e. The summed E-state index contributed by atoms with van der Waals surface area (Å²) in [6.45, 7) is 3.71. The van der Waals surface area contributed by atoms with Crippen molar-refractivity contribution in [2.75, 3.05) is 13.6 Å². The van der Waals surface area contributed by atoms with Crippen LogP contribution in [-0.2, 0) is 6.54 Å². The van der Waals surface area contributed by atoms with E-state index < -0.39 is 0 Å². The maximum atomic E-state index is 6.43. The van der Waals surface area contributed by atoms with Gasteiger partial charge in [-0.25, -0.2) is 0 Å². The van der Waals surface area contributed by atoms with E-state index in [4.69, 9.17) is 23.2 Å². The van der Waals surface area contributed by atoms with Crippen molar-refractivity contribution in [2.45, 2.75) is 19.4 Å². The first kappa shape index (κ1) is 15.5. The summed E-state index contributed by atoms with van der Waals surface area (Å²) >= 11 is 12.7. The lowest BCUT2D eigenvalue weighted by molar-refractivity contribution is 0.295. The third-order valence-corrected chi connectivity index (χ3v) is 4.63. The van der Waals surface area contributed by atoms with E-state index in [9.17, 15) is 0 Å². The first-order chi connectivity index (χ1) is 10.6. The Labute approximate surface area is 141 Å². The Morgan fingerprint density at radius 2 is 1.95 bits per heavy atom. The molecule has 1 unspecified atom stereocenters. The lowest BCUT2D eigenvalue weighted by Crippen LogP contribution is -2.31. The van der Waals surface area contributed by atoms with Gasteiger partial charge in [-0.1, -0.05) is 41.4 Å². The second-order valence-electron chi connectivity index (χ2n) is 5.65. The van der Waals surface area contributed by atoms with Gasteiger partial charge in [-0.2, -0.15) is 0 Å². The quantitative estimate of drug-likeness (QED) is 0.682. The number of aliphatic imine (C=N–C) groups is 1. The molecule has 2 nitrogen and oxygen atoms in total. The molecule has 114 valence electrons. The number of para-hydroxylation sites is 1. The van der Waals surface area contributed by atoms with E-state index >= 15 is 0 Å². The highest BCUT2D eigenvalue weighted by Gasteiger charge is 2.28. The molecule has 22 heavy (non-hydrogen) atoms. The predicted molar refractivity (Wildman–Crippen MR) is 94.9 cm³/mol. The zero-order chi connectivity index (χ0) is 15.7. The Hall–Kier alpha value is -1.35. The third kappa shape index (κ3) is 2.91. The van der Waals surface area contributed by atoms with Crippen molar-refractivity contribution in [1.82, 2.24) is 4.90 Å². The molecule has 0 amide bonds. The molecule has 0 radical (unpaired) electrons. The first-order valence-corrected chi connectivity index (χ1v) is 8.09. The SMILES string of the molecule is C/C=N/c1ccccc1C1CN(C)Cc2c(Cl)cc(Cl)cc21. The van der Waals surface area contributed by atoms with Crippen molar-refractivity contribution in [3.8, 4) is 0 Å². The predicted octanol–water partition coefficient (Wildman–Crippen LogP) is 5.29. The number of hydrogen-bond acceptors (Lipinski definition) is 2. The molecule has 1 aliphatic heterocycles. The molecule has 0 N–H and O–H groups in total. The zero-order valence-corrected chi connectivity index (χ0v) is 14.2. The summed E-state index contributed by atoms with van der Waals surface area (Å²) in [5, 5.41) is 1.44. The second kappa shape index (κ2) is 6.41. The van der Waals surface area contributed by atoms with Crippen LogP contribution in [0.1, 0.15) is 29.5 Å². The average molecular weight is 333 g/mol. The van der Waals surface area contributed by atoms with Gasteiger partial charge in [0.2, 0.25) is 0 Å². The van der Waals surface area contributed by atoms with Crippen LogP contribution in [0.25, 0.3) is 0 Å². The summed E-state index contributed by atoms with van der Waals surface area (Å²) in [6.07, 6.45) is 1.83. The van der Waals surface area contributed by atoms with E-state index in [1.54, 1.807) is 0 Å². The lowest BCUT2D eigenvalue weighted by atomic mass is 9.84. The van der Waals surface area contributed by atoms with Gasteiger partial charge in [-0.3, -0.25) is 4.99 Å². The van der Waals surface area contributed by atoms with Crippen molar-refractivity contribution in [3.05, 3.63) is 63.1 Å². The summed E-state index contributed by atoms with van der Waals surface area (Å²) in [5.41, 5.74) is 4.61. The average Bonchev–Trinajstić information content (AvgIpc) is 2.48. The zero-order valence-electron chi connectivity index (χ0n) is 12.7. The van der Waals surface area contributed by atoms with Crippen molar-refractivity contribution < 1.29 is 0 Å². The van der Waals surface area contributed by atoms with Gasteiger partial charge in [0, 0.05) is 35.3 Å². The highest BCUT2D eigenvalue weighted by atomic mass is 35.5. The maximum Gasteiger partial charge on any atom is 0.0664 e. The molecule has 0 aromatic heterocycles. The van der Waals surface area contributed by atoms with E-state index in [0.29, 0.717) is 5.02 Å². The molecule has 0 spiro atoms. The molecule has 0 saturated carbocycles. The number of hydrogen-bond donors (Lipinski definition) is 0. The number of benzene rings is 2. The van der Waals surface area contributed by atoms with E-state index in [1.807, 2.05) is 31.3 Å². The fraction of sp³-hybridized carbons (Fsp3) is 0.278. The van der Waals surface area contributed by atoms with Gasteiger partial charge in [0.25, 0.3) is 0 Å². The van der Waals surface area contributed by atoms with E-state index in [2.05, 4.69) is 35.1 Å². The van der Waals surface area contributed by atoms with Crippen LogP contribution in [0.2, 0.25) is 10.0 Å². The molecular formula is C18H18Cl2N2. The van der Waals surface area contributed by atoms with Gasteiger partial charge < -0.3 is 4.90 Å². The summed E-state index contributed by atoms with van der Waals surface area (Å²) in [6, 6.07) is 12.1. The van der Waals surface area contributed by atoms with Crippen LogP contribution in [0.5, 0.6) is 0 Å². The molecular weight excluding hydrogens is 315 g/mol. The lowest BCUT2D eigenvalue weighted by Gasteiger charge is -2.33. The molecule has 0 fully saturated rings. The van der Waals surface area contributed by atoms with Gasteiger partial charge in [-0.05, 0) is 48.9 Å². The normalized spacial score (nSPS) is 18.6. The monoisotopic (exact) mass is 332 g/mol. The van der Waals surface area contributed by atoms with Gasteiger partial charge >= 0.3 is 0 Å². The van der Waals surface area contributed by atoms with Crippen molar-refractivity contribution >= 4 is 35.1 Å². The topological polar surface area (TPSA) is 15.6 Å². The van der Waals surface area contributed by atoms with Crippen LogP contribution in [0, 0.1) is 0 Å². The van der Waals surface area contributed by atoms with Gasteiger partial charge in [-0.15, -0.1) is 0 Å². The van der Waals surface area contributed by atoms with E-state index in [1.165, 1.54) is 16.7 Å². The molecule has 2 aromatic carbocycles. The molecule has 0 aliphatic carbocycles. The van der Waals surface area contributed by atoms with Crippen LogP contribution >= 0.6 is 23.2 Å². The Bertz CT molecular complexity index is 725. The highest BCUT2D eigenvalue weighted by Crippen LogP contribution is 2.40. The Morgan fingerprint density at radius 3 is 2.73 bits per heavy atom. The number of halogens is 2. The Kier molecular flexibility index (Phi) is 4.53. The minimum atomic E-state index is 0.227. The molecule has 4 heteroatoms. The third-order valence-electron chi connectivity index (χ3n) is 4.07. The number of rotatable bonds is 2. The molecule has 1 heterocycles. The number of nitrogens with zero attached hydrogens (tertiary/aromatic N) is 2. The van der Waals surface area contributed by atoms with Crippen molar-refractivity contribution in [1.29, 1.82) is 0 Å². The summed E-state index contributed by atoms with van der Waals surface area (Å²) in [7, 11) is 2.12. The van der Waals surface area contributed by atoms with Crippen molar-refractivity contribution in [3.63, 3.8) is 0 Å². The Morgan fingerprint density at radius 1 is 1.18 bits per heavy atom. The molecule has 0 bridgehead atoms. The summed E-state index contributed by atoms with van der Waals surface area (Å²) in [5.74, 6) is 0.227. The molecule has 1 aliphatic rings. The summed E-state index contributed by atoms with van der Waals surface area (Å²) in [4.78, 5) is 6.81. The fourth-order valence-corrected chi connectivity index (χ4v) is 3.72. The highest BCUT2D eigenvalue weighted by molar-refractivity contribution is 6.35. The van der Waals surface area contributed by atoms with Crippen LogP contribution < -0.4 is 0 Å². The Balaban J connectivity index is 2.18. The van der Waals surface area contributed by atoms with Crippen LogP contribution in [-0.4, -0.2) is 24.7 Å². The standard InChI is InChI=1S/C18H18Cl2N2/c1-3-21-18-7-5-4-6-13(18)15-10-22(2)11-16-14(15)8-12(19)9-17(16)20/h3-9,15H,10-11H2,1-2H3/b21-3+. The second-order valence-corrected chi connectivity index (χ2v) is 6.49. The molecule has 3 rings (SSSR count). The van der Waals surface area contributed by atoms with Gasteiger partial charge in [0.05, 0.1) is 5.69 Å². The summed E-state index contributed by atoms with van der Waals surface area (Å²) < 4.78 is 0. The molecule has 2 aromatic rings. The van der Waals surface area contributed by atoms with Gasteiger partial charge in [0.15, 0.2) is 0 Å². The molecule has 0 saturated heterocycles.